The molecule has 1 rings (SSSR count). The van der Waals surface area contributed by atoms with Gasteiger partial charge in [-0.05, 0) is 12.1 Å². The van der Waals surface area contributed by atoms with Gasteiger partial charge >= 0.3 is 6.03 Å². The van der Waals surface area contributed by atoms with E-state index in [1.165, 1.54) is 6.07 Å². The van der Waals surface area contributed by atoms with Gasteiger partial charge in [-0.25, -0.2) is 13.6 Å². The number of carbonyl (C=O) groups is 1. The van der Waals surface area contributed by atoms with E-state index in [9.17, 15) is 13.6 Å². The molecule has 0 radical (unpaired) electrons. The number of carbonyl (C=O) groups excluding carboxylic acids is 1. The highest BCUT2D eigenvalue weighted by atomic mass is 32.2. The van der Waals surface area contributed by atoms with Crippen LogP contribution in [0.1, 0.15) is 20.8 Å². The number of hydrogen-bond acceptors (Lipinski definition) is 2. The third kappa shape index (κ3) is 5.92. The van der Waals surface area contributed by atoms with Crippen LogP contribution in [-0.2, 0) is 0 Å². The zero-order chi connectivity index (χ0) is 14.5. The van der Waals surface area contributed by atoms with Gasteiger partial charge in [0.1, 0.15) is 17.3 Å². The van der Waals surface area contributed by atoms with E-state index in [0.29, 0.717) is 6.54 Å². The lowest BCUT2D eigenvalue weighted by Gasteiger charge is -2.17. The van der Waals surface area contributed by atoms with Crippen molar-refractivity contribution in [2.24, 2.45) is 0 Å². The van der Waals surface area contributed by atoms with Gasteiger partial charge in [0, 0.05) is 17.0 Å². The van der Waals surface area contributed by atoms with Gasteiger partial charge in [0.2, 0.25) is 0 Å². The maximum absolute atomic E-state index is 13.3. The van der Waals surface area contributed by atoms with Crippen LogP contribution in [0.2, 0.25) is 0 Å². The number of anilines is 1. The highest BCUT2D eigenvalue weighted by Gasteiger charge is 2.12. The standard InChI is InChI=1S/C13H18F2N2OS/c1-13(2,3)19-8-7-16-12(18)17-11-9(14)5-4-6-10(11)15/h4-6H,7-8H2,1-3H3,(H2,16,17,18). The number of para-hydroxylation sites is 1. The molecule has 0 saturated carbocycles. The fraction of sp³-hybridized carbons (Fsp3) is 0.462. The molecule has 1 aromatic rings. The van der Waals surface area contributed by atoms with Crippen molar-refractivity contribution < 1.29 is 13.6 Å². The van der Waals surface area contributed by atoms with Crippen LogP contribution in [0.15, 0.2) is 18.2 Å². The molecule has 0 fully saturated rings. The van der Waals surface area contributed by atoms with E-state index < -0.39 is 23.4 Å². The molecule has 106 valence electrons. The molecule has 6 heteroatoms. The molecule has 0 unspecified atom stereocenters. The topological polar surface area (TPSA) is 41.1 Å². The average Bonchev–Trinajstić information content (AvgIpc) is 2.28. The SMILES string of the molecule is CC(C)(C)SCCNC(=O)Nc1c(F)cccc1F. The van der Waals surface area contributed by atoms with E-state index in [4.69, 9.17) is 0 Å². The molecule has 19 heavy (non-hydrogen) atoms. The van der Waals surface area contributed by atoms with Crippen LogP contribution in [0.25, 0.3) is 0 Å². The van der Waals surface area contributed by atoms with Crippen molar-refractivity contribution in [1.29, 1.82) is 0 Å². The smallest absolute Gasteiger partial charge is 0.319 e. The Morgan fingerprint density at radius 3 is 2.37 bits per heavy atom. The molecule has 3 nitrogen and oxygen atoms in total. The molecule has 1 aromatic carbocycles. The average molecular weight is 288 g/mol. The normalized spacial score (nSPS) is 11.2. The van der Waals surface area contributed by atoms with Crippen molar-refractivity contribution in [3.05, 3.63) is 29.8 Å². The van der Waals surface area contributed by atoms with Crippen LogP contribution >= 0.6 is 11.8 Å². The number of thioether (sulfide) groups is 1. The van der Waals surface area contributed by atoms with Crippen molar-refractivity contribution in [2.75, 3.05) is 17.6 Å². The molecule has 0 saturated heterocycles. The fourth-order valence-corrected chi connectivity index (χ4v) is 2.11. The third-order valence-corrected chi connectivity index (χ3v) is 3.40. The molecule has 0 atom stereocenters. The predicted molar refractivity (Wildman–Crippen MR) is 75.6 cm³/mol. The van der Waals surface area contributed by atoms with Crippen molar-refractivity contribution in [1.82, 2.24) is 5.32 Å². The zero-order valence-electron chi connectivity index (χ0n) is 11.2. The van der Waals surface area contributed by atoms with Crippen LogP contribution in [0, 0.1) is 11.6 Å². The van der Waals surface area contributed by atoms with E-state index in [1.807, 2.05) is 0 Å². The van der Waals surface area contributed by atoms with Crippen molar-refractivity contribution >= 4 is 23.5 Å². The third-order valence-electron chi connectivity index (χ3n) is 2.12. The van der Waals surface area contributed by atoms with Gasteiger partial charge in [-0.3, -0.25) is 0 Å². The van der Waals surface area contributed by atoms with Gasteiger partial charge in [0.25, 0.3) is 0 Å². The minimum absolute atomic E-state index is 0.121. The Morgan fingerprint density at radius 2 is 1.84 bits per heavy atom. The first-order valence-electron chi connectivity index (χ1n) is 5.92. The summed E-state index contributed by atoms with van der Waals surface area (Å²) in [6, 6.07) is 2.81. The largest absolute Gasteiger partial charge is 0.337 e. The number of halogens is 2. The number of nitrogens with one attached hydrogen (secondary N) is 2. The summed E-state index contributed by atoms with van der Waals surface area (Å²) in [7, 11) is 0. The van der Waals surface area contributed by atoms with E-state index in [1.54, 1.807) is 11.8 Å². The fourth-order valence-electron chi connectivity index (χ4n) is 1.30. The highest BCUT2D eigenvalue weighted by molar-refractivity contribution is 8.00. The van der Waals surface area contributed by atoms with E-state index in [-0.39, 0.29) is 4.75 Å². The summed E-state index contributed by atoms with van der Waals surface area (Å²) < 4.78 is 26.7. The molecular formula is C13H18F2N2OS. The molecule has 0 aromatic heterocycles. The maximum Gasteiger partial charge on any atom is 0.319 e. The molecular weight excluding hydrogens is 270 g/mol. The molecule has 0 aliphatic rings. The summed E-state index contributed by atoms with van der Waals surface area (Å²) in [5, 5.41) is 4.72. The molecule has 0 aliphatic carbocycles. The van der Waals surface area contributed by atoms with Crippen molar-refractivity contribution in [2.45, 2.75) is 25.5 Å². The first kappa shape index (κ1) is 15.8. The zero-order valence-corrected chi connectivity index (χ0v) is 12.0. The summed E-state index contributed by atoms with van der Waals surface area (Å²) in [6.07, 6.45) is 0. The number of benzene rings is 1. The number of rotatable bonds is 4. The Hall–Kier alpha value is -1.30. The lowest BCUT2D eigenvalue weighted by Crippen LogP contribution is -2.31. The number of hydrogen-bond donors (Lipinski definition) is 2. The van der Waals surface area contributed by atoms with Crippen LogP contribution in [0.3, 0.4) is 0 Å². The molecule has 0 bridgehead atoms. The van der Waals surface area contributed by atoms with E-state index in [0.717, 1.165) is 17.9 Å². The molecule has 0 aliphatic heterocycles. The summed E-state index contributed by atoms with van der Waals surface area (Å²) in [6.45, 7) is 6.66. The quantitative estimate of drug-likeness (QED) is 0.831. The van der Waals surface area contributed by atoms with Crippen LogP contribution in [0.5, 0.6) is 0 Å². The monoisotopic (exact) mass is 288 g/mol. The molecule has 2 amide bonds. The summed E-state index contributed by atoms with van der Waals surface area (Å²) >= 11 is 1.70. The first-order valence-corrected chi connectivity index (χ1v) is 6.91. The van der Waals surface area contributed by atoms with Gasteiger partial charge in [0.15, 0.2) is 0 Å². The predicted octanol–water partition coefficient (Wildman–Crippen LogP) is 3.62. The Morgan fingerprint density at radius 1 is 1.26 bits per heavy atom. The Labute approximate surface area is 116 Å². The second-order valence-corrected chi connectivity index (χ2v) is 6.86. The molecule has 0 spiro atoms. The minimum Gasteiger partial charge on any atom is -0.337 e. The van der Waals surface area contributed by atoms with Crippen LogP contribution < -0.4 is 10.6 Å². The van der Waals surface area contributed by atoms with Gasteiger partial charge < -0.3 is 10.6 Å². The summed E-state index contributed by atoms with van der Waals surface area (Å²) in [5.41, 5.74) is -0.427. The van der Waals surface area contributed by atoms with Crippen LogP contribution in [-0.4, -0.2) is 23.1 Å². The summed E-state index contributed by atoms with van der Waals surface area (Å²) in [5.74, 6) is -0.852. The van der Waals surface area contributed by atoms with E-state index >= 15 is 0 Å². The minimum atomic E-state index is -0.792. The number of amides is 2. The highest BCUT2D eigenvalue weighted by Crippen LogP contribution is 2.22. The second kappa shape index (κ2) is 6.75. The Balaban J connectivity index is 2.40. The van der Waals surface area contributed by atoms with Crippen molar-refractivity contribution in [3.8, 4) is 0 Å². The van der Waals surface area contributed by atoms with Gasteiger partial charge in [-0.2, -0.15) is 11.8 Å². The van der Waals surface area contributed by atoms with E-state index in [2.05, 4.69) is 31.4 Å². The Kier molecular flexibility index (Phi) is 5.60. The van der Waals surface area contributed by atoms with Crippen molar-refractivity contribution in [3.63, 3.8) is 0 Å². The van der Waals surface area contributed by atoms with Gasteiger partial charge in [0.05, 0.1) is 0 Å². The maximum atomic E-state index is 13.3. The first-order chi connectivity index (χ1) is 8.79. The van der Waals surface area contributed by atoms with Gasteiger partial charge in [-0.15, -0.1) is 0 Å². The number of urea groups is 1. The Bertz CT molecular complexity index is 427. The van der Waals surface area contributed by atoms with Crippen LogP contribution in [0.4, 0.5) is 19.3 Å². The molecule has 0 heterocycles. The second-order valence-electron chi connectivity index (χ2n) is 4.94. The molecule has 2 N–H and O–H groups in total. The summed E-state index contributed by atoms with van der Waals surface area (Å²) in [4.78, 5) is 11.5. The lowest BCUT2D eigenvalue weighted by molar-refractivity contribution is 0.252. The lowest BCUT2D eigenvalue weighted by atomic mass is 10.3. The van der Waals surface area contributed by atoms with Gasteiger partial charge in [-0.1, -0.05) is 26.8 Å².